The van der Waals surface area contributed by atoms with E-state index in [0.29, 0.717) is 19.4 Å². The monoisotopic (exact) mass is 938 g/mol. The van der Waals surface area contributed by atoms with Crippen LogP contribution in [0.4, 0.5) is 0 Å². The van der Waals surface area contributed by atoms with Crippen LogP contribution in [0.5, 0.6) is 0 Å². The average molecular weight is 939 g/mol. The zero-order valence-corrected chi connectivity index (χ0v) is 44.4. The highest BCUT2D eigenvalue weighted by Gasteiger charge is 2.18. The van der Waals surface area contributed by atoms with Gasteiger partial charge in [0.2, 0.25) is 5.91 Å². The number of unbranched alkanes of at least 4 members (excludes halogenated alkanes) is 34. The molecule has 0 spiro atoms. The number of esters is 1. The first-order chi connectivity index (χ1) is 33.0. The van der Waals surface area contributed by atoms with Crippen LogP contribution in [0.25, 0.3) is 0 Å². The fourth-order valence-electron chi connectivity index (χ4n) is 8.50. The van der Waals surface area contributed by atoms with Crippen LogP contribution in [-0.2, 0) is 14.3 Å². The fourth-order valence-corrected chi connectivity index (χ4v) is 8.50. The van der Waals surface area contributed by atoms with E-state index in [1.165, 1.54) is 167 Å². The number of hydrogen-bond acceptors (Lipinski definition) is 5. The molecule has 0 aromatic rings. The summed E-state index contributed by atoms with van der Waals surface area (Å²) in [7, 11) is 0. The van der Waals surface area contributed by atoms with Gasteiger partial charge in [0.05, 0.1) is 25.4 Å². The van der Waals surface area contributed by atoms with Crippen molar-refractivity contribution in [2.75, 3.05) is 13.2 Å². The largest absolute Gasteiger partial charge is 0.466 e. The molecule has 0 fully saturated rings. The van der Waals surface area contributed by atoms with Crippen molar-refractivity contribution in [3.05, 3.63) is 60.8 Å². The van der Waals surface area contributed by atoms with Crippen LogP contribution in [-0.4, -0.2) is 47.4 Å². The van der Waals surface area contributed by atoms with Crippen LogP contribution >= 0.6 is 0 Å². The van der Waals surface area contributed by atoms with Crippen LogP contribution in [0, 0.1) is 0 Å². The lowest BCUT2D eigenvalue weighted by atomic mass is 10.0. The Hall–Kier alpha value is -2.44. The highest BCUT2D eigenvalue weighted by atomic mass is 16.5. The minimum absolute atomic E-state index is 0.0317. The van der Waals surface area contributed by atoms with Crippen molar-refractivity contribution in [1.82, 2.24) is 5.32 Å². The average Bonchev–Trinajstić information content (AvgIpc) is 3.33. The molecule has 0 rings (SSSR count). The highest BCUT2D eigenvalue weighted by Crippen LogP contribution is 2.16. The summed E-state index contributed by atoms with van der Waals surface area (Å²) in [5, 5.41) is 23.1. The highest BCUT2D eigenvalue weighted by molar-refractivity contribution is 5.76. The van der Waals surface area contributed by atoms with Crippen LogP contribution in [0.2, 0.25) is 0 Å². The van der Waals surface area contributed by atoms with Crippen LogP contribution in [0.1, 0.15) is 290 Å². The Morgan fingerprint density at radius 1 is 0.418 bits per heavy atom. The van der Waals surface area contributed by atoms with E-state index in [-0.39, 0.29) is 18.5 Å². The maximum Gasteiger partial charge on any atom is 0.305 e. The Labute approximate surface area is 416 Å². The number of aliphatic hydroxyl groups excluding tert-OH is 2. The molecule has 0 saturated heterocycles. The molecule has 67 heavy (non-hydrogen) atoms. The predicted octanol–water partition coefficient (Wildman–Crippen LogP) is 18.0. The number of ether oxygens (including phenoxy) is 1. The van der Waals surface area contributed by atoms with E-state index in [1.54, 1.807) is 6.08 Å². The second-order valence-corrected chi connectivity index (χ2v) is 19.6. The van der Waals surface area contributed by atoms with Crippen LogP contribution in [0.3, 0.4) is 0 Å². The Bertz CT molecular complexity index is 1170. The number of carbonyl (C=O) groups is 2. The molecule has 6 nitrogen and oxygen atoms in total. The van der Waals surface area contributed by atoms with E-state index >= 15 is 0 Å². The fraction of sp³-hybridized carbons (Fsp3) is 0.803. The molecule has 3 N–H and O–H groups in total. The molecule has 0 aliphatic rings. The molecule has 0 aliphatic heterocycles. The molecule has 6 heteroatoms. The van der Waals surface area contributed by atoms with Crippen LogP contribution < -0.4 is 5.32 Å². The van der Waals surface area contributed by atoms with Gasteiger partial charge in [-0.05, 0) is 96.3 Å². The maximum atomic E-state index is 12.5. The van der Waals surface area contributed by atoms with Crippen molar-refractivity contribution >= 4 is 11.9 Å². The Balaban J connectivity index is 3.55. The summed E-state index contributed by atoms with van der Waals surface area (Å²) < 4.78 is 5.44. The molecular formula is C61H111NO5. The second-order valence-electron chi connectivity index (χ2n) is 19.6. The van der Waals surface area contributed by atoms with E-state index in [2.05, 4.69) is 67.8 Å². The van der Waals surface area contributed by atoms with Gasteiger partial charge in [-0.1, -0.05) is 242 Å². The van der Waals surface area contributed by atoms with Crippen molar-refractivity contribution in [2.24, 2.45) is 0 Å². The molecule has 0 aromatic heterocycles. The van der Waals surface area contributed by atoms with Crippen molar-refractivity contribution in [1.29, 1.82) is 0 Å². The maximum absolute atomic E-state index is 12.5. The number of allylic oxidation sites excluding steroid dienone is 9. The summed E-state index contributed by atoms with van der Waals surface area (Å²) in [6.07, 6.45) is 72.4. The predicted molar refractivity (Wildman–Crippen MR) is 292 cm³/mol. The Morgan fingerprint density at radius 2 is 0.761 bits per heavy atom. The molecular weight excluding hydrogens is 827 g/mol. The SMILES string of the molecule is CCCC/C=C\C/C=C\CCCCCCCC(=O)OCCCCC/C=C\C/C=C\CCCCCCCCCC(=O)NC(CO)C(O)/C=C/CCCCCCCCCCCCCCCCCCC. The zero-order chi connectivity index (χ0) is 48.6. The summed E-state index contributed by atoms with van der Waals surface area (Å²) in [5.74, 6) is -0.116. The van der Waals surface area contributed by atoms with Gasteiger partial charge in [-0.25, -0.2) is 0 Å². The first-order valence-electron chi connectivity index (χ1n) is 29.1. The summed E-state index contributed by atoms with van der Waals surface area (Å²) >= 11 is 0. The zero-order valence-electron chi connectivity index (χ0n) is 44.4. The molecule has 2 unspecified atom stereocenters. The normalized spacial score (nSPS) is 13.1. The lowest BCUT2D eigenvalue weighted by molar-refractivity contribution is -0.143. The van der Waals surface area contributed by atoms with E-state index in [4.69, 9.17) is 4.74 Å². The van der Waals surface area contributed by atoms with E-state index < -0.39 is 12.1 Å². The van der Waals surface area contributed by atoms with Crippen molar-refractivity contribution in [2.45, 2.75) is 302 Å². The van der Waals surface area contributed by atoms with Crippen molar-refractivity contribution in [3.8, 4) is 0 Å². The molecule has 0 heterocycles. The molecule has 0 saturated carbocycles. The van der Waals surface area contributed by atoms with Gasteiger partial charge in [0.1, 0.15) is 0 Å². The Morgan fingerprint density at radius 3 is 1.18 bits per heavy atom. The first kappa shape index (κ1) is 64.6. The third kappa shape index (κ3) is 52.8. The van der Waals surface area contributed by atoms with Crippen LogP contribution in [0.15, 0.2) is 60.8 Å². The Kier molecular flexibility index (Phi) is 54.1. The molecule has 0 aromatic carbocycles. The molecule has 2 atom stereocenters. The molecule has 0 radical (unpaired) electrons. The third-order valence-corrected chi connectivity index (χ3v) is 13.0. The van der Waals surface area contributed by atoms with Crippen molar-refractivity contribution < 1.29 is 24.5 Å². The van der Waals surface area contributed by atoms with Gasteiger partial charge in [-0.15, -0.1) is 0 Å². The summed E-state index contributed by atoms with van der Waals surface area (Å²) in [6, 6.07) is -0.642. The number of aliphatic hydroxyl groups is 2. The van der Waals surface area contributed by atoms with Gasteiger partial charge >= 0.3 is 5.97 Å². The first-order valence-corrected chi connectivity index (χ1v) is 29.1. The molecule has 1 amide bonds. The quantitative estimate of drug-likeness (QED) is 0.0321. The number of rotatable bonds is 53. The summed E-state index contributed by atoms with van der Waals surface area (Å²) in [5.41, 5.74) is 0. The van der Waals surface area contributed by atoms with Gasteiger partial charge in [0.15, 0.2) is 0 Å². The van der Waals surface area contributed by atoms with E-state index in [9.17, 15) is 19.8 Å². The van der Waals surface area contributed by atoms with Gasteiger partial charge < -0.3 is 20.3 Å². The third-order valence-electron chi connectivity index (χ3n) is 13.0. The number of hydrogen-bond donors (Lipinski definition) is 3. The number of amides is 1. The molecule has 0 bridgehead atoms. The standard InChI is InChI=1S/C61H111NO5/c1-3-5-7-9-11-13-15-17-19-20-21-23-26-29-33-37-41-45-49-53-59(64)58(57-63)62-60(65)54-50-46-42-38-34-30-27-24-22-25-28-32-36-40-44-48-52-56-67-61(66)55-51-47-43-39-35-31-18-16-14-12-10-8-6-4-2/h10,12,16,18,22,25,32,36,49,53,58-59,63-64H,3-9,11,13-15,17,19-21,23-24,26-31,33-35,37-48,50-52,54-57H2,1-2H3,(H,62,65)/b12-10-,18-16-,25-22-,36-32-,53-49+. The van der Waals surface area contributed by atoms with Gasteiger partial charge in [-0.3, -0.25) is 9.59 Å². The van der Waals surface area contributed by atoms with Crippen molar-refractivity contribution in [3.63, 3.8) is 0 Å². The summed E-state index contributed by atoms with van der Waals surface area (Å²) in [6.45, 7) is 4.81. The smallest absolute Gasteiger partial charge is 0.305 e. The molecule has 390 valence electrons. The number of carbonyl (C=O) groups excluding carboxylic acids is 2. The van der Waals surface area contributed by atoms with E-state index in [1.807, 2.05) is 6.08 Å². The molecule has 0 aliphatic carbocycles. The van der Waals surface area contributed by atoms with E-state index in [0.717, 1.165) is 96.3 Å². The van der Waals surface area contributed by atoms with Gasteiger partial charge in [0, 0.05) is 12.8 Å². The lowest BCUT2D eigenvalue weighted by Gasteiger charge is -2.20. The lowest BCUT2D eigenvalue weighted by Crippen LogP contribution is -2.45. The van der Waals surface area contributed by atoms with Gasteiger partial charge in [0.25, 0.3) is 0 Å². The summed E-state index contributed by atoms with van der Waals surface area (Å²) in [4.78, 5) is 24.5. The topological polar surface area (TPSA) is 95.9 Å². The minimum atomic E-state index is -0.857. The number of nitrogens with one attached hydrogen (secondary N) is 1. The minimum Gasteiger partial charge on any atom is -0.466 e. The second kappa shape index (κ2) is 56.2. The van der Waals surface area contributed by atoms with Gasteiger partial charge in [-0.2, -0.15) is 0 Å².